The van der Waals surface area contributed by atoms with E-state index in [4.69, 9.17) is 0 Å². The number of nitrogens with one attached hydrogen (secondary N) is 1. The zero-order chi connectivity index (χ0) is 14.6. The van der Waals surface area contributed by atoms with Gasteiger partial charge >= 0.3 is 0 Å². The van der Waals surface area contributed by atoms with Crippen LogP contribution in [0.4, 0.5) is 0 Å². The molecule has 1 atom stereocenters. The molecule has 1 aliphatic heterocycles. The molecule has 1 saturated heterocycles. The maximum atomic E-state index is 3.62. The van der Waals surface area contributed by atoms with Crippen molar-refractivity contribution in [1.82, 2.24) is 10.2 Å². The average Bonchev–Trinajstić information content (AvgIpc) is 2.39. The Morgan fingerprint density at radius 1 is 1.20 bits per heavy atom. The van der Waals surface area contributed by atoms with Crippen molar-refractivity contribution < 1.29 is 0 Å². The van der Waals surface area contributed by atoms with Crippen LogP contribution in [0.15, 0.2) is 24.3 Å². The molecule has 0 bridgehead atoms. The number of hydrogen-bond donors (Lipinski definition) is 1. The van der Waals surface area contributed by atoms with Crippen molar-refractivity contribution >= 4 is 0 Å². The van der Waals surface area contributed by atoms with Gasteiger partial charge in [-0.2, -0.15) is 0 Å². The van der Waals surface area contributed by atoms with Crippen molar-refractivity contribution in [2.45, 2.75) is 58.5 Å². The fourth-order valence-corrected chi connectivity index (χ4v) is 2.95. The number of hydrogen-bond acceptors (Lipinski definition) is 2. The Morgan fingerprint density at radius 2 is 1.90 bits per heavy atom. The van der Waals surface area contributed by atoms with E-state index in [0.29, 0.717) is 6.04 Å². The molecule has 2 rings (SSSR count). The standard InChI is InChI=1S/C18H30N2/c1-5-6-17-14-20(12-11-19-17)13-15-7-9-16(10-8-15)18(2,3)4/h7-10,17,19H,5-6,11-14H2,1-4H3. The Hall–Kier alpha value is -0.860. The first-order chi connectivity index (χ1) is 9.49. The summed E-state index contributed by atoms with van der Waals surface area (Å²) in [6.45, 7) is 13.7. The first-order valence-corrected chi connectivity index (χ1v) is 8.04. The third kappa shape index (κ3) is 4.32. The number of piperazine rings is 1. The van der Waals surface area contributed by atoms with Crippen molar-refractivity contribution in [1.29, 1.82) is 0 Å². The molecule has 0 aliphatic carbocycles. The molecular formula is C18H30N2. The number of rotatable bonds is 4. The summed E-state index contributed by atoms with van der Waals surface area (Å²) in [6.07, 6.45) is 2.56. The zero-order valence-electron chi connectivity index (χ0n) is 13.6. The molecule has 2 heteroatoms. The summed E-state index contributed by atoms with van der Waals surface area (Å²) in [7, 11) is 0. The van der Waals surface area contributed by atoms with Gasteiger partial charge in [0.1, 0.15) is 0 Å². The van der Waals surface area contributed by atoms with Crippen LogP contribution < -0.4 is 5.32 Å². The van der Waals surface area contributed by atoms with Crippen LogP contribution in [0.3, 0.4) is 0 Å². The minimum atomic E-state index is 0.250. The van der Waals surface area contributed by atoms with E-state index in [-0.39, 0.29) is 5.41 Å². The lowest BCUT2D eigenvalue weighted by Crippen LogP contribution is -2.50. The summed E-state index contributed by atoms with van der Waals surface area (Å²) in [5, 5.41) is 3.62. The van der Waals surface area contributed by atoms with E-state index in [1.54, 1.807) is 0 Å². The van der Waals surface area contributed by atoms with Crippen LogP contribution in [0, 0.1) is 0 Å². The molecule has 1 aromatic carbocycles. The monoisotopic (exact) mass is 274 g/mol. The summed E-state index contributed by atoms with van der Waals surface area (Å²) in [6, 6.07) is 9.87. The zero-order valence-corrected chi connectivity index (χ0v) is 13.6. The maximum absolute atomic E-state index is 3.62. The molecule has 112 valence electrons. The van der Waals surface area contributed by atoms with Crippen LogP contribution >= 0.6 is 0 Å². The summed E-state index contributed by atoms with van der Waals surface area (Å²) < 4.78 is 0. The molecular weight excluding hydrogens is 244 g/mol. The predicted molar refractivity (Wildman–Crippen MR) is 87.1 cm³/mol. The highest BCUT2D eigenvalue weighted by atomic mass is 15.2. The first kappa shape index (κ1) is 15.5. The summed E-state index contributed by atoms with van der Waals surface area (Å²) in [5.41, 5.74) is 3.11. The van der Waals surface area contributed by atoms with E-state index in [1.165, 1.54) is 37.1 Å². The summed E-state index contributed by atoms with van der Waals surface area (Å²) in [4.78, 5) is 2.59. The van der Waals surface area contributed by atoms with E-state index < -0.39 is 0 Å². The molecule has 1 aliphatic rings. The summed E-state index contributed by atoms with van der Waals surface area (Å²) in [5.74, 6) is 0. The van der Waals surface area contributed by atoms with Gasteiger partial charge < -0.3 is 5.32 Å². The largest absolute Gasteiger partial charge is 0.311 e. The van der Waals surface area contributed by atoms with Gasteiger partial charge in [-0.05, 0) is 23.0 Å². The SMILES string of the molecule is CCCC1CN(Cc2ccc(C(C)(C)C)cc2)CCN1. The smallest absolute Gasteiger partial charge is 0.0234 e. The highest BCUT2D eigenvalue weighted by Crippen LogP contribution is 2.22. The third-order valence-electron chi connectivity index (χ3n) is 4.20. The van der Waals surface area contributed by atoms with Gasteiger partial charge in [0, 0.05) is 32.2 Å². The van der Waals surface area contributed by atoms with Crippen LogP contribution in [0.25, 0.3) is 0 Å². The quantitative estimate of drug-likeness (QED) is 0.903. The Balaban J connectivity index is 1.93. The molecule has 1 N–H and O–H groups in total. The van der Waals surface area contributed by atoms with Crippen LogP contribution in [0.1, 0.15) is 51.7 Å². The van der Waals surface area contributed by atoms with E-state index in [1.807, 2.05) is 0 Å². The van der Waals surface area contributed by atoms with Gasteiger partial charge in [0.15, 0.2) is 0 Å². The molecule has 0 radical (unpaired) electrons. The highest BCUT2D eigenvalue weighted by Gasteiger charge is 2.19. The van der Waals surface area contributed by atoms with E-state index in [2.05, 4.69) is 62.2 Å². The molecule has 0 amide bonds. The van der Waals surface area contributed by atoms with Crippen LogP contribution in [-0.4, -0.2) is 30.6 Å². The van der Waals surface area contributed by atoms with Gasteiger partial charge in [-0.3, -0.25) is 4.90 Å². The highest BCUT2D eigenvalue weighted by molar-refractivity contribution is 5.27. The number of benzene rings is 1. The van der Waals surface area contributed by atoms with Crippen molar-refractivity contribution in [2.75, 3.05) is 19.6 Å². The van der Waals surface area contributed by atoms with Crippen LogP contribution in [-0.2, 0) is 12.0 Å². The number of nitrogens with zero attached hydrogens (tertiary/aromatic N) is 1. The Bertz CT molecular complexity index is 400. The Labute approximate surface area is 124 Å². The average molecular weight is 274 g/mol. The fourth-order valence-electron chi connectivity index (χ4n) is 2.95. The van der Waals surface area contributed by atoms with Crippen molar-refractivity contribution in [3.63, 3.8) is 0 Å². The molecule has 2 nitrogen and oxygen atoms in total. The molecule has 20 heavy (non-hydrogen) atoms. The normalized spacial score (nSPS) is 21.1. The lowest BCUT2D eigenvalue weighted by atomic mass is 9.87. The van der Waals surface area contributed by atoms with Crippen molar-refractivity contribution in [3.8, 4) is 0 Å². The Morgan fingerprint density at radius 3 is 2.50 bits per heavy atom. The van der Waals surface area contributed by atoms with Gasteiger partial charge in [-0.15, -0.1) is 0 Å². The second kappa shape index (κ2) is 6.73. The summed E-state index contributed by atoms with van der Waals surface area (Å²) >= 11 is 0. The van der Waals surface area contributed by atoms with Crippen molar-refractivity contribution in [3.05, 3.63) is 35.4 Å². The van der Waals surface area contributed by atoms with E-state index >= 15 is 0 Å². The lowest BCUT2D eigenvalue weighted by molar-refractivity contribution is 0.187. The molecule has 0 aromatic heterocycles. The van der Waals surface area contributed by atoms with Gasteiger partial charge in [0.2, 0.25) is 0 Å². The second-order valence-electron chi connectivity index (χ2n) is 7.12. The van der Waals surface area contributed by atoms with E-state index in [9.17, 15) is 0 Å². The van der Waals surface area contributed by atoms with Crippen molar-refractivity contribution in [2.24, 2.45) is 0 Å². The van der Waals surface area contributed by atoms with Gasteiger partial charge in [0.05, 0.1) is 0 Å². The minimum absolute atomic E-state index is 0.250. The lowest BCUT2D eigenvalue weighted by Gasteiger charge is -2.33. The van der Waals surface area contributed by atoms with Gasteiger partial charge in [-0.1, -0.05) is 58.4 Å². The van der Waals surface area contributed by atoms with E-state index in [0.717, 1.165) is 13.1 Å². The molecule has 1 fully saturated rings. The topological polar surface area (TPSA) is 15.3 Å². The van der Waals surface area contributed by atoms with Gasteiger partial charge in [-0.25, -0.2) is 0 Å². The Kier molecular flexibility index (Phi) is 5.22. The fraction of sp³-hybridized carbons (Fsp3) is 0.667. The molecule has 1 aromatic rings. The molecule has 1 heterocycles. The first-order valence-electron chi connectivity index (χ1n) is 8.04. The molecule has 1 unspecified atom stereocenters. The maximum Gasteiger partial charge on any atom is 0.0234 e. The van der Waals surface area contributed by atoms with Crippen LogP contribution in [0.5, 0.6) is 0 Å². The molecule has 0 spiro atoms. The minimum Gasteiger partial charge on any atom is -0.311 e. The third-order valence-corrected chi connectivity index (χ3v) is 4.20. The second-order valence-corrected chi connectivity index (χ2v) is 7.12. The van der Waals surface area contributed by atoms with Crippen LogP contribution in [0.2, 0.25) is 0 Å². The molecule has 0 saturated carbocycles. The predicted octanol–water partition coefficient (Wildman–Crippen LogP) is 3.56. The van der Waals surface area contributed by atoms with Gasteiger partial charge in [0.25, 0.3) is 0 Å².